The molecular weight excluding hydrogens is 266 g/mol. The Hall–Kier alpha value is -0.650. The number of ether oxygens (including phenoxy) is 1. The highest BCUT2D eigenvalue weighted by atomic mass is 16.5. The molecule has 1 aliphatic carbocycles. The molecule has 0 bridgehead atoms. The summed E-state index contributed by atoms with van der Waals surface area (Å²) in [6.07, 6.45) is 3.42. The van der Waals surface area contributed by atoms with Crippen LogP contribution in [-0.2, 0) is 9.53 Å². The van der Waals surface area contributed by atoms with E-state index in [1.165, 1.54) is 0 Å². The van der Waals surface area contributed by atoms with E-state index in [1.54, 1.807) is 0 Å². The Kier molecular flexibility index (Phi) is 4.26. The molecule has 2 aliphatic heterocycles. The number of hydrogen-bond acceptors (Lipinski definition) is 4. The molecule has 1 unspecified atom stereocenters. The summed E-state index contributed by atoms with van der Waals surface area (Å²) < 4.78 is 5.41. The molecule has 1 atom stereocenters. The Morgan fingerprint density at radius 3 is 2.67 bits per heavy atom. The van der Waals surface area contributed by atoms with Crippen molar-refractivity contribution in [1.82, 2.24) is 15.5 Å². The van der Waals surface area contributed by atoms with Gasteiger partial charge in [-0.3, -0.25) is 9.69 Å². The number of piperidine rings is 1. The molecule has 0 aromatic heterocycles. The van der Waals surface area contributed by atoms with E-state index in [0.29, 0.717) is 5.41 Å². The maximum atomic E-state index is 12.4. The molecule has 3 rings (SSSR count). The second-order valence-corrected chi connectivity index (χ2v) is 7.50. The van der Waals surface area contributed by atoms with Crippen LogP contribution in [0, 0.1) is 11.3 Å². The first-order chi connectivity index (χ1) is 10.0. The van der Waals surface area contributed by atoms with Gasteiger partial charge in [0.15, 0.2) is 0 Å². The van der Waals surface area contributed by atoms with Gasteiger partial charge in [0, 0.05) is 31.1 Å². The zero-order chi connectivity index (χ0) is 14.9. The number of morpholine rings is 1. The van der Waals surface area contributed by atoms with Crippen molar-refractivity contribution in [3.8, 4) is 0 Å². The number of nitrogens with zero attached hydrogens (tertiary/aromatic N) is 1. The van der Waals surface area contributed by atoms with Crippen LogP contribution in [0.2, 0.25) is 0 Å². The fourth-order valence-electron chi connectivity index (χ4n) is 3.90. The van der Waals surface area contributed by atoms with Crippen molar-refractivity contribution in [2.75, 3.05) is 45.9 Å². The normalized spacial score (nSPS) is 29.3. The molecule has 3 fully saturated rings. The minimum atomic E-state index is 0.00954. The SMILES string of the molecule is CC(C)(CNC(=O)C1CC12CCNCC2)N1CCOCC1. The largest absolute Gasteiger partial charge is 0.379 e. The standard InChI is InChI=1S/C16H29N3O2/c1-15(2,19-7-9-21-10-8-19)12-18-14(20)13-11-16(13)3-5-17-6-4-16/h13,17H,3-12H2,1-2H3,(H,18,20). The molecule has 1 amide bonds. The molecule has 0 aromatic carbocycles. The average Bonchev–Trinajstić information content (AvgIpc) is 3.20. The summed E-state index contributed by atoms with van der Waals surface area (Å²) in [5, 5.41) is 6.60. The van der Waals surface area contributed by atoms with Crippen LogP contribution in [0.4, 0.5) is 0 Å². The minimum Gasteiger partial charge on any atom is -0.379 e. The van der Waals surface area contributed by atoms with E-state index in [9.17, 15) is 4.79 Å². The molecule has 0 aromatic rings. The van der Waals surface area contributed by atoms with Crippen LogP contribution in [-0.4, -0.2) is 62.3 Å². The smallest absolute Gasteiger partial charge is 0.223 e. The fourth-order valence-corrected chi connectivity index (χ4v) is 3.90. The summed E-state index contributed by atoms with van der Waals surface area (Å²) in [4.78, 5) is 14.9. The molecule has 3 aliphatic rings. The van der Waals surface area contributed by atoms with Crippen molar-refractivity contribution in [3.63, 3.8) is 0 Å². The predicted octanol–water partition coefficient (Wildman–Crippen LogP) is 0.603. The van der Waals surface area contributed by atoms with Gasteiger partial charge < -0.3 is 15.4 Å². The summed E-state index contributed by atoms with van der Waals surface area (Å²) in [7, 11) is 0. The van der Waals surface area contributed by atoms with E-state index in [1.807, 2.05) is 0 Å². The van der Waals surface area contributed by atoms with Crippen LogP contribution in [0.5, 0.6) is 0 Å². The maximum absolute atomic E-state index is 12.4. The highest BCUT2D eigenvalue weighted by Crippen LogP contribution is 2.58. The number of rotatable bonds is 4. The zero-order valence-electron chi connectivity index (χ0n) is 13.4. The molecule has 2 saturated heterocycles. The monoisotopic (exact) mass is 295 g/mol. The Balaban J connectivity index is 1.47. The lowest BCUT2D eigenvalue weighted by molar-refractivity contribution is -0.124. The van der Waals surface area contributed by atoms with Gasteiger partial charge in [-0.15, -0.1) is 0 Å². The number of carbonyl (C=O) groups excluding carboxylic acids is 1. The van der Waals surface area contributed by atoms with Crippen LogP contribution in [0.15, 0.2) is 0 Å². The summed E-state index contributed by atoms with van der Waals surface area (Å²) >= 11 is 0. The first-order valence-electron chi connectivity index (χ1n) is 8.35. The van der Waals surface area contributed by atoms with E-state index in [-0.39, 0.29) is 17.4 Å². The number of nitrogens with one attached hydrogen (secondary N) is 2. The topological polar surface area (TPSA) is 53.6 Å². The fraction of sp³-hybridized carbons (Fsp3) is 0.938. The third-order valence-electron chi connectivity index (χ3n) is 5.67. The molecule has 5 nitrogen and oxygen atoms in total. The van der Waals surface area contributed by atoms with E-state index in [4.69, 9.17) is 4.74 Å². The minimum absolute atomic E-state index is 0.00954. The van der Waals surface area contributed by atoms with Gasteiger partial charge in [0.05, 0.1) is 13.2 Å². The second-order valence-electron chi connectivity index (χ2n) is 7.50. The molecule has 1 saturated carbocycles. The van der Waals surface area contributed by atoms with E-state index < -0.39 is 0 Å². The Morgan fingerprint density at radius 1 is 1.33 bits per heavy atom. The first kappa shape index (κ1) is 15.3. The van der Waals surface area contributed by atoms with E-state index in [0.717, 1.165) is 65.2 Å². The lowest BCUT2D eigenvalue weighted by Gasteiger charge is -2.41. The Bertz CT molecular complexity index is 385. The molecule has 2 heterocycles. The van der Waals surface area contributed by atoms with Crippen molar-refractivity contribution >= 4 is 5.91 Å². The van der Waals surface area contributed by atoms with Gasteiger partial charge in [0.25, 0.3) is 0 Å². The zero-order valence-corrected chi connectivity index (χ0v) is 13.4. The number of amides is 1. The molecule has 1 spiro atoms. The molecular formula is C16H29N3O2. The number of carbonyl (C=O) groups is 1. The van der Waals surface area contributed by atoms with Gasteiger partial charge in [0.1, 0.15) is 0 Å². The van der Waals surface area contributed by atoms with Crippen LogP contribution < -0.4 is 10.6 Å². The maximum Gasteiger partial charge on any atom is 0.223 e. The van der Waals surface area contributed by atoms with Gasteiger partial charge in [-0.1, -0.05) is 0 Å². The van der Waals surface area contributed by atoms with Crippen molar-refractivity contribution in [3.05, 3.63) is 0 Å². The van der Waals surface area contributed by atoms with Crippen LogP contribution >= 0.6 is 0 Å². The summed E-state index contributed by atoms with van der Waals surface area (Å²) in [5.41, 5.74) is 0.341. The third-order valence-corrected chi connectivity index (χ3v) is 5.67. The van der Waals surface area contributed by atoms with Gasteiger partial charge in [-0.05, 0) is 51.6 Å². The molecule has 21 heavy (non-hydrogen) atoms. The van der Waals surface area contributed by atoms with Gasteiger partial charge in [-0.2, -0.15) is 0 Å². The lowest BCUT2D eigenvalue weighted by Crippen LogP contribution is -2.55. The first-order valence-corrected chi connectivity index (χ1v) is 8.35. The Labute approximate surface area is 127 Å². The van der Waals surface area contributed by atoms with Crippen molar-refractivity contribution < 1.29 is 9.53 Å². The third kappa shape index (κ3) is 3.25. The van der Waals surface area contributed by atoms with Gasteiger partial charge >= 0.3 is 0 Å². The van der Waals surface area contributed by atoms with E-state index >= 15 is 0 Å². The van der Waals surface area contributed by atoms with Crippen LogP contribution in [0.1, 0.15) is 33.1 Å². The van der Waals surface area contributed by atoms with Gasteiger partial charge in [0.2, 0.25) is 5.91 Å². The van der Waals surface area contributed by atoms with E-state index in [2.05, 4.69) is 29.4 Å². The van der Waals surface area contributed by atoms with Crippen molar-refractivity contribution in [2.45, 2.75) is 38.6 Å². The predicted molar refractivity (Wildman–Crippen MR) is 82.1 cm³/mol. The van der Waals surface area contributed by atoms with Crippen LogP contribution in [0.3, 0.4) is 0 Å². The van der Waals surface area contributed by atoms with Crippen molar-refractivity contribution in [1.29, 1.82) is 0 Å². The Morgan fingerprint density at radius 2 is 2.00 bits per heavy atom. The average molecular weight is 295 g/mol. The summed E-state index contributed by atoms with van der Waals surface area (Å²) in [6, 6.07) is 0. The molecule has 5 heteroatoms. The lowest BCUT2D eigenvalue weighted by atomic mass is 9.91. The summed E-state index contributed by atoms with van der Waals surface area (Å²) in [5.74, 6) is 0.540. The second kappa shape index (κ2) is 5.86. The highest BCUT2D eigenvalue weighted by Gasteiger charge is 2.57. The molecule has 0 radical (unpaired) electrons. The molecule has 120 valence electrons. The highest BCUT2D eigenvalue weighted by molar-refractivity contribution is 5.82. The van der Waals surface area contributed by atoms with Crippen molar-refractivity contribution in [2.24, 2.45) is 11.3 Å². The van der Waals surface area contributed by atoms with Gasteiger partial charge in [-0.25, -0.2) is 0 Å². The van der Waals surface area contributed by atoms with Crippen LogP contribution in [0.25, 0.3) is 0 Å². The number of hydrogen-bond donors (Lipinski definition) is 2. The quantitative estimate of drug-likeness (QED) is 0.798. The molecule has 2 N–H and O–H groups in total. The summed E-state index contributed by atoms with van der Waals surface area (Å²) in [6.45, 7) is 10.8.